The number of rotatable bonds is 6. The maximum Gasteiger partial charge on any atom is 0.244 e. The maximum atomic E-state index is 12.3. The number of ether oxygens (including phenoxy) is 1. The molecule has 0 amide bonds. The van der Waals surface area contributed by atoms with Crippen molar-refractivity contribution < 1.29 is 13.2 Å². The lowest BCUT2D eigenvalue weighted by atomic mass is 10.0. The fourth-order valence-electron chi connectivity index (χ4n) is 2.39. The quantitative estimate of drug-likeness (QED) is 0.520. The van der Waals surface area contributed by atoms with Crippen LogP contribution in [0.3, 0.4) is 0 Å². The van der Waals surface area contributed by atoms with E-state index in [1.54, 1.807) is 0 Å². The van der Waals surface area contributed by atoms with Crippen molar-refractivity contribution in [3.63, 3.8) is 0 Å². The number of nitrogen functional groups attached to an aromatic ring is 1. The van der Waals surface area contributed by atoms with E-state index >= 15 is 0 Å². The highest BCUT2D eigenvalue weighted by molar-refractivity contribution is 7.89. The van der Waals surface area contributed by atoms with E-state index < -0.39 is 10.0 Å². The standard InChI is InChI=1S/C12H20N4O3S/c1-2-11-9(4-6-19-11)7-15-20(17,18)12-8-14-5-3-10(12)16-13/h3,5,8-9,11,15H,2,4,6-7,13H2,1H3,(H,14,16). The molecule has 1 aliphatic heterocycles. The molecule has 1 aliphatic rings. The van der Waals surface area contributed by atoms with Gasteiger partial charge in [0.1, 0.15) is 4.90 Å². The first-order valence-corrected chi connectivity index (χ1v) is 8.08. The van der Waals surface area contributed by atoms with E-state index in [0.717, 1.165) is 12.8 Å². The zero-order valence-corrected chi connectivity index (χ0v) is 12.2. The number of aromatic nitrogens is 1. The molecule has 1 aromatic heterocycles. The lowest BCUT2D eigenvalue weighted by Crippen LogP contribution is -2.33. The number of hydrazine groups is 1. The van der Waals surface area contributed by atoms with Crippen LogP contribution in [0.4, 0.5) is 5.69 Å². The minimum atomic E-state index is -3.63. The Kier molecular flexibility index (Phi) is 4.92. The number of hydrogen-bond acceptors (Lipinski definition) is 6. The molecule has 112 valence electrons. The van der Waals surface area contributed by atoms with Crippen LogP contribution in [0.25, 0.3) is 0 Å². The largest absolute Gasteiger partial charge is 0.378 e. The second kappa shape index (κ2) is 6.49. The van der Waals surface area contributed by atoms with Gasteiger partial charge in [-0.15, -0.1) is 0 Å². The van der Waals surface area contributed by atoms with E-state index in [2.05, 4.69) is 15.1 Å². The highest BCUT2D eigenvalue weighted by atomic mass is 32.2. The summed E-state index contributed by atoms with van der Waals surface area (Å²) in [6.45, 7) is 3.09. The molecule has 7 nitrogen and oxygen atoms in total. The van der Waals surface area contributed by atoms with Gasteiger partial charge in [0.2, 0.25) is 10.0 Å². The van der Waals surface area contributed by atoms with Crippen LogP contribution >= 0.6 is 0 Å². The van der Waals surface area contributed by atoms with E-state index in [4.69, 9.17) is 10.6 Å². The summed E-state index contributed by atoms with van der Waals surface area (Å²) in [5.74, 6) is 5.53. The van der Waals surface area contributed by atoms with Crippen LogP contribution in [0.5, 0.6) is 0 Å². The lowest BCUT2D eigenvalue weighted by molar-refractivity contribution is 0.0884. The fourth-order valence-corrected chi connectivity index (χ4v) is 3.59. The molecule has 1 saturated heterocycles. The van der Waals surface area contributed by atoms with Crippen molar-refractivity contribution in [2.75, 3.05) is 18.6 Å². The molecule has 0 spiro atoms. The summed E-state index contributed by atoms with van der Waals surface area (Å²) in [5, 5.41) is 0. The van der Waals surface area contributed by atoms with Gasteiger partial charge in [-0.2, -0.15) is 0 Å². The van der Waals surface area contributed by atoms with E-state index in [-0.39, 0.29) is 16.9 Å². The van der Waals surface area contributed by atoms with Gasteiger partial charge in [0, 0.05) is 31.5 Å². The van der Waals surface area contributed by atoms with Gasteiger partial charge in [-0.1, -0.05) is 6.92 Å². The van der Waals surface area contributed by atoms with E-state index in [0.29, 0.717) is 18.8 Å². The van der Waals surface area contributed by atoms with Gasteiger partial charge in [-0.25, -0.2) is 13.1 Å². The lowest BCUT2D eigenvalue weighted by Gasteiger charge is -2.17. The Bertz CT molecular complexity index is 549. The molecule has 0 aromatic carbocycles. The van der Waals surface area contributed by atoms with Gasteiger partial charge in [0.15, 0.2) is 0 Å². The van der Waals surface area contributed by atoms with Gasteiger partial charge in [-0.3, -0.25) is 10.8 Å². The Morgan fingerprint density at radius 2 is 2.35 bits per heavy atom. The molecule has 0 bridgehead atoms. The summed E-state index contributed by atoms with van der Waals surface area (Å²) in [6, 6.07) is 1.52. The normalized spacial score (nSPS) is 22.9. The molecule has 2 unspecified atom stereocenters. The summed E-state index contributed by atoms with van der Waals surface area (Å²) < 4.78 is 32.7. The number of nitrogens with one attached hydrogen (secondary N) is 2. The average molecular weight is 300 g/mol. The first-order chi connectivity index (χ1) is 9.58. The van der Waals surface area contributed by atoms with Crippen molar-refractivity contribution in [3.8, 4) is 0 Å². The maximum absolute atomic E-state index is 12.3. The minimum absolute atomic E-state index is 0.0504. The van der Waals surface area contributed by atoms with E-state index in [1.807, 2.05) is 6.92 Å². The highest BCUT2D eigenvalue weighted by Crippen LogP contribution is 2.24. The second-order valence-corrected chi connectivity index (χ2v) is 6.47. The topological polar surface area (TPSA) is 106 Å². The van der Waals surface area contributed by atoms with Crippen molar-refractivity contribution in [3.05, 3.63) is 18.5 Å². The molecule has 1 fully saturated rings. The molecule has 1 aromatic rings. The number of hydrogen-bond donors (Lipinski definition) is 3. The van der Waals surface area contributed by atoms with E-state index in [1.165, 1.54) is 18.5 Å². The molecular formula is C12H20N4O3S. The predicted octanol–water partition coefficient (Wildman–Crippen LogP) is 0.461. The number of sulfonamides is 1. The molecule has 2 atom stereocenters. The number of nitrogens with zero attached hydrogens (tertiary/aromatic N) is 1. The second-order valence-electron chi connectivity index (χ2n) is 4.73. The summed E-state index contributed by atoms with van der Waals surface area (Å²) in [7, 11) is -3.63. The predicted molar refractivity (Wildman–Crippen MR) is 75.4 cm³/mol. The smallest absolute Gasteiger partial charge is 0.244 e. The Morgan fingerprint density at radius 3 is 3.05 bits per heavy atom. The average Bonchev–Trinajstić information content (AvgIpc) is 2.92. The molecule has 8 heteroatoms. The van der Waals surface area contributed by atoms with Crippen LogP contribution in [0.1, 0.15) is 19.8 Å². The van der Waals surface area contributed by atoms with Crippen molar-refractivity contribution >= 4 is 15.7 Å². The van der Waals surface area contributed by atoms with Crippen LogP contribution in [0, 0.1) is 5.92 Å². The van der Waals surface area contributed by atoms with Gasteiger partial charge in [0.05, 0.1) is 11.8 Å². The summed E-state index contributed by atoms with van der Waals surface area (Å²) in [6.07, 6.45) is 4.63. The zero-order valence-electron chi connectivity index (χ0n) is 11.4. The fraction of sp³-hybridized carbons (Fsp3) is 0.583. The molecule has 2 rings (SSSR count). The third-order valence-electron chi connectivity index (χ3n) is 3.51. The number of pyridine rings is 1. The van der Waals surface area contributed by atoms with Crippen LogP contribution in [0.15, 0.2) is 23.4 Å². The Morgan fingerprint density at radius 1 is 1.55 bits per heavy atom. The third-order valence-corrected chi connectivity index (χ3v) is 4.96. The van der Waals surface area contributed by atoms with Crippen molar-refractivity contribution in [2.24, 2.45) is 11.8 Å². The van der Waals surface area contributed by atoms with Crippen LogP contribution in [-0.2, 0) is 14.8 Å². The first-order valence-electron chi connectivity index (χ1n) is 6.60. The number of nitrogens with two attached hydrogens (primary N) is 1. The molecule has 0 saturated carbocycles. The molecular weight excluding hydrogens is 280 g/mol. The molecule has 20 heavy (non-hydrogen) atoms. The van der Waals surface area contributed by atoms with Crippen LogP contribution < -0.4 is 16.0 Å². The molecule has 4 N–H and O–H groups in total. The van der Waals surface area contributed by atoms with Crippen LogP contribution in [-0.4, -0.2) is 32.7 Å². The number of anilines is 1. The van der Waals surface area contributed by atoms with Crippen molar-refractivity contribution in [2.45, 2.75) is 30.8 Å². The van der Waals surface area contributed by atoms with E-state index in [9.17, 15) is 8.42 Å². The SMILES string of the molecule is CCC1OCCC1CNS(=O)(=O)c1cnccc1NN. The first kappa shape index (κ1) is 15.2. The van der Waals surface area contributed by atoms with Crippen molar-refractivity contribution in [1.29, 1.82) is 0 Å². The monoisotopic (exact) mass is 300 g/mol. The van der Waals surface area contributed by atoms with Crippen molar-refractivity contribution in [1.82, 2.24) is 9.71 Å². The third kappa shape index (κ3) is 3.26. The Balaban J connectivity index is 2.08. The Hall–Kier alpha value is -1.22. The molecule has 2 heterocycles. The summed E-state index contributed by atoms with van der Waals surface area (Å²) >= 11 is 0. The van der Waals surface area contributed by atoms with Gasteiger partial charge in [-0.05, 0) is 18.9 Å². The molecule has 0 radical (unpaired) electrons. The van der Waals surface area contributed by atoms with Gasteiger partial charge >= 0.3 is 0 Å². The zero-order chi connectivity index (χ0) is 14.6. The van der Waals surface area contributed by atoms with Crippen LogP contribution in [0.2, 0.25) is 0 Å². The van der Waals surface area contributed by atoms with Gasteiger partial charge < -0.3 is 10.2 Å². The molecule has 0 aliphatic carbocycles. The summed E-state index contributed by atoms with van der Waals surface area (Å²) in [4.78, 5) is 3.88. The van der Waals surface area contributed by atoms with Gasteiger partial charge in [0.25, 0.3) is 0 Å². The Labute approximate surface area is 118 Å². The highest BCUT2D eigenvalue weighted by Gasteiger charge is 2.28. The summed E-state index contributed by atoms with van der Waals surface area (Å²) in [5.41, 5.74) is 2.69. The minimum Gasteiger partial charge on any atom is -0.378 e.